The summed E-state index contributed by atoms with van der Waals surface area (Å²) in [7, 11) is 9.41. The van der Waals surface area contributed by atoms with Crippen molar-refractivity contribution in [3.05, 3.63) is 34.9 Å². The lowest BCUT2D eigenvalue weighted by Gasteiger charge is -2.46. The van der Waals surface area contributed by atoms with Crippen molar-refractivity contribution in [2.45, 2.75) is 18.9 Å². The van der Waals surface area contributed by atoms with Crippen LogP contribution in [0.1, 0.15) is 22.7 Å². The molecule has 5 nitrogen and oxygen atoms in total. The molecule has 5 heteroatoms. The topological polar surface area (TPSA) is 50.8 Å². The van der Waals surface area contributed by atoms with Crippen LogP contribution in [0, 0.1) is 0 Å². The normalized spacial score (nSPS) is 19.3. The summed E-state index contributed by atoms with van der Waals surface area (Å²) >= 11 is 0. The lowest BCUT2D eigenvalue weighted by atomic mass is 9.75. The SMILES string of the molecule is COc1cc2c(cc1[O-])C[C@H]1c3c(cc(OC)c(OC)c3-2)CC[N+]1(C)C. The third-order valence-electron chi connectivity index (χ3n) is 6.00. The first kappa shape index (κ1) is 17.0. The van der Waals surface area contributed by atoms with Crippen LogP contribution < -0.4 is 19.3 Å². The fourth-order valence-electron chi connectivity index (χ4n) is 4.55. The Bertz CT molecular complexity index is 888. The molecule has 0 amide bonds. The van der Waals surface area contributed by atoms with Crippen LogP contribution in [-0.4, -0.2) is 46.5 Å². The number of rotatable bonds is 3. The molecule has 0 bridgehead atoms. The molecule has 0 saturated carbocycles. The molecular weight excluding hydrogens is 330 g/mol. The van der Waals surface area contributed by atoms with E-state index in [0.717, 1.165) is 52.1 Å². The lowest BCUT2D eigenvalue weighted by Crippen LogP contribution is -2.49. The fourth-order valence-corrected chi connectivity index (χ4v) is 4.55. The van der Waals surface area contributed by atoms with Gasteiger partial charge in [-0.1, -0.05) is 11.8 Å². The van der Waals surface area contributed by atoms with E-state index in [1.807, 2.05) is 6.07 Å². The van der Waals surface area contributed by atoms with Gasteiger partial charge in [-0.3, -0.25) is 0 Å². The second-order valence-corrected chi connectivity index (χ2v) is 7.69. The summed E-state index contributed by atoms with van der Waals surface area (Å²) in [6.07, 6.45) is 1.84. The van der Waals surface area contributed by atoms with Crippen molar-refractivity contribution in [3.63, 3.8) is 0 Å². The van der Waals surface area contributed by atoms with Crippen molar-refractivity contribution in [2.24, 2.45) is 0 Å². The maximum Gasteiger partial charge on any atom is 0.169 e. The number of nitrogens with zero attached hydrogens (tertiary/aromatic N) is 1. The number of methoxy groups -OCH3 is 3. The molecule has 0 unspecified atom stereocenters. The molecule has 2 aromatic carbocycles. The van der Waals surface area contributed by atoms with Gasteiger partial charge in [0.05, 0.1) is 42.0 Å². The van der Waals surface area contributed by atoms with Crippen LogP contribution >= 0.6 is 0 Å². The molecule has 2 aliphatic rings. The fraction of sp³-hybridized carbons (Fsp3) is 0.429. The average molecular weight is 355 g/mol. The van der Waals surface area contributed by atoms with Crippen molar-refractivity contribution in [1.29, 1.82) is 0 Å². The Morgan fingerprint density at radius 2 is 1.69 bits per heavy atom. The second kappa shape index (κ2) is 5.81. The van der Waals surface area contributed by atoms with Crippen LogP contribution in [0.3, 0.4) is 0 Å². The molecule has 0 N–H and O–H groups in total. The minimum atomic E-state index is -0.0714. The van der Waals surface area contributed by atoms with Crippen LogP contribution in [0.15, 0.2) is 18.2 Å². The Balaban J connectivity index is 2.10. The van der Waals surface area contributed by atoms with E-state index in [4.69, 9.17) is 14.2 Å². The van der Waals surface area contributed by atoms with E-state index in [-0.39, 0.29) is 5.75 Å². The van der Waals surface area contributed by atoms with Gasteiger partial charge >= 0.3 is 0 Å². The molecule has 1 aliphatic heterocycles. The minimum absolute atomic E-state index is 0.0714. The first-order valence-electron chi connectivity index (χ1n) is 8.90. The molecule has 0 spiro atoms. The molecule has 1 aliphatic carbocycles. The first-order chi connectivity index (χ1) is 12.4. The number of hydrogen-bond donors (Lipinski definition) is 0. The maximum absolute atomic E-state index is 12.4. The summed E-state index contributed by atoms with van der Waals surface area (Å²) in [5.74, 6) is 1.77. The molecule has 1 atom stereocenters. The van der Waals surface area contributed by atoms with Crippen LogP contribution in [-0.2, 0) is 12.8 Å². The Labute approximate surface area is 154 Å². The number of hydrogen-bond acceptors (Lipinski definition) is 4. The van der Waals surface area contributed by atoms with E-state index in [2.05, 4.69) is 20.2 Å². The second-order valence-electron chi connectivity index (χ2n) is 7.69. The van der Waals surface area contributed by atoms with Gasteiger partial charge in [-0.15, -0.1) is 0 Å². The summed E-state index contributed by atoms with van der Waals surface area (Å²) in [6.45, 7) is 1.06. The first-order valence-corrected chi connectivity index (χ1v) is 8.90. The van der Waals surface area contributed by atoms with Crippen LogP contribution in [0.2, 0.25) is 0 Å². The van der Waals surface area contributed by atoms with Crippen molar-refractivity contribution in [3.8, 4) is 34.1 Å². The van der Waals surface area contributed by atoms with Crippen molar-refractivity contribution < 1.29 is 23.8 Å². The Morgan fingerprint density at radius 1 is 0.962 bits per heavy atom. The zero-order chi connectivity index (χ0) is 18.6. The highest BCUT2D eigenvalue weighted by molar-refractivity contribution is 5.84. The van der Waals surface area contributed by atoms with Gasteiger partial charge in [0, 0.05) is 24.0 Å². The minimum Gasteiger partial charge on any atom is -0.870 e. The molecule has 2 aromatic rings. The quantitative estimate of drug-likeness (QED) is 0.795. The van der Waals surface area contributed by atoms with Gasteiger partial charge < -0.3 is 23.8 Å². The van der Waals surface area contributed by atoms with E-state index >= 15 is 0 Å². The predicted molar refractivity (Wildman–Crippen MR) is 98.1 cm³/mol. The monoisotopic (exact) mass is 355 g/mol. The molecule has 138 valence electrons. The van der Waals surface area contributed by atoms with Gasteiger partial charge in [-0.05, 0) is 28.8 Å². The zero-order valence-electron chi connectivity index (χ0n) is 16.0. The van der Waals surface area contributed by atoms with Crippen LogP contribution in [0.5, 0.6) is 23.0 Å². The van der Waals surface area contributed by atoms with Gasteiger partial charge in [-0.2, -0.15) is 0 Å². The molecule has 0 aromatic heterocycles. The average Bonchev–Trinajstić information content (AvgIpc) is 2.63. The third kappa shape index (κ3) is 2.27. The summed E-state index contributed by atoms with van der Waals surface area (Å²) in [4.78, 5) is 0. The van der Waals surface area contributed by atoms with Gasteiger partial charge in [0.15, 0.2) is 11.5 Å². The summed E-state index contributed by atoms with van der Waals surface area (Å²) in [5, 5.41) is 12.4. The third-order valence-corrected chi connectivity index (χ3v) is 6.00. The van der Waals surface area contributed by atoms with Crippen molar-refractivity contribution in [1.82, 2.24) is 0 Å². The van der Waals surface area contributed by atoms with E-state index in [1.54, 1.807) is 20.3 Å². The summed E-state index contributed by atoms with van der Waals surface area (Å²) < 4.78 is 17.6. The van der Waals surface area contributed by atoms with Gasteiger partial charge in [0.1, 0.15) is 11.8 Å². The van der Waals surface area contributed by atoms with Crippen LogP contribution in [0.25, 0.3) is 11.1 Å². The highest BCUT2D eigenvalue weighted by Crippen LogP contribution is 2.54. The van der Waals surface area contributed by atoms with Crippen molar-refractivity contribution >= 4 is 0 Å². The zero-order valence-corrected chi connectivity index (χ0v) is 16.0. The highest BCUT2D eigenvalue weighted by atomic mass is 16.5. The number of ether oxygens (including phenoxy) is 3. The largest absolute Gasteiger partial charge is 0.870 e. The highest BCUT2D eigenvalue weighted by Gasteiger charge is 2.43. The molecule has 0 fully saturated rings. The summed E-state index contributed by atoms with van der Waals surface area (Å²) in [6, 6.07) is 6.01. The van der Waals surface area contributed by atoms with Gasteiger partial charge in [0.25, 0.3) is 0 Å². The molecular formula is C21H25NO4. The molecule has 1 heterocycles. The number of fused-ring (bicyclic) bond motifs is 2. The standard InChI is InChI=1S/C21H25NO4/c1-22(2)7-6-12-10-18(25-4)21(26-5)20-14-11-17(24-3)16(23)9-13(14)8-15(22)19(12)20/h9-11,15H,6-8H2,1-5H3/t15-/m0/s1. The van der Waals surface area contributed by atoms with E-state index < -0.39 is 0 Å². The van der Waals surface area contributed by atoms with Gasteiger partial charge in [0.2, 0.25) is 0 Å². The number of quaternary nitrogens is 1. The van der Waals surface area contributed by atoms with Crippen molar-refractivity contribution in [2.75, 3.05) is 42.0 Å². The van der Waals surface area contributed by atoms with E-state index in [0.29, 0.717) is 11.8 Å². The molecule has 4 rings (SSSR count). The molecule has 0 saturated heterocycles. The Morgan fingerprint density at radius 3 is 2.35 bits per heavy atom. The summed E-state index contributed by atoms with van der Waals surface area (Å²) in [5.41, 5.74) is 5.77. The number of likely N-dealkylation sites (N-methyl/N-ethyl adjacent to an activating group) is 1. The van der Waals surface area contributed by atoms with E-state index in [1.165, 1.54) is 18.2 Å². The molecule has 26 heavy (non-hydrogen) atoms. The Hall–Kier alpha value is -2.40. The predicted octanol–water partition coefficient (Wildman–Crippen LogP) is 2.68. The van der Waals surface area contributed by atoms with E-state index in [9.17, 15) is 5.11 Å². The molecule has 0 radical (unpaired) electrons. The lowest BCUT2D eigenvalue weighted by molar-refractivity contribution is -0.923. The maximum atomic E-state index is 12.4. The Kier molecular flexibility index (Phi) is 3.81. The van der Waals surface area contributed by atoms with Gasteiger partial charge in [-0.25, -0.2) is 0 Å². The number of benzene rings is 2. The van der Waals surface area contributed by atoms with Crippen LogP contribution in [0.4, 0.5) is 0 Å². The smallest absolute Gasteiger partial charge is 0.169 e.